The molecular weight excluding hydrogens is 358 g/mol. The van der Waals surface area contributed by atoms with Crippen molar-refractivity contribution in [3.8, 4) is 11.5 Å². The minimum Gasteiger partial charge on any atom is -0.497 e. The van der Waals surface area contributed by atoms with Crippen LogP contribution in [0.4, 0.5) is 5.69 Å². The number of methoxy groups -OCH3 is 2. The molecule has 2 aromatic rings. The van der Waals surface area contributed by atoms with Crippen LogP contribution in [0.2, 0.25) is 5.02 Å². The van der Waals surface area contributed by atoms with Crippen LogP contribution in [-0.4, -0.2) is 20.1 Å². The summed E-state index contributed by atoms with van der Waals surface area (Å²) >= 11 is 9.19. The fourth-order valence-corrected chi connectivity index (χ4v) is 2.61. The zero-order valence-electron chi connectivity index (χ0n) is 11.4. The van der Waals surface area contributed by atoms with E-state index in [-0.39, 0.29) is 5.91 Å². The number of carbonyl (C=O) groups is 1. The highest BCUT2D eigenvalue weighted by molar-refractivity contribution is 9.10. The lowest BCUT2D eigenvalue weighted by Crippen LogP contribution is -2.12. The molecule has 4 nitrogen and oxygen atoms in total. The molecule has 6 heteroatoms. The second kappa shape index (κ2) is 6.83. The van der Waals surface area contributed by atoms with Crippen molar-refractivity contribution in [1.82, 2.24) is 0 Å². The van der Waals surface area contributed by atoms with E-state index in [0.29, 0.717) is 32.2 Å². The quantitative estimate of drug-likeness (QED) is 0.869. The molecule has 0 atom stereocenters. The molecule has 2 rings (SSSR count). The van der Waals surface area contributed by atoms with Crippen molar-refractivity contribution in [2.24, 2.45) is 0 Å². The van der Waals surface area contributed by atoms with Gasteiger partial charge in [-0.25, -0.2) is 0 Å². The predicted molar refractivity (Wildman–Crippen MR) is 86.7 cm³/mol. The number of carbonyl (C=O) groups excluding carboxylic acids is 1. The standard InChI is InChI=1S/C15H13BrClNO3/c1-20-11-6-10(7-12(8-11)21-2)18-15(19)13-4-3-9(17)5-14(13)16/h3-8H,1-2H3,(H,18,19). The fraction of sp³-hybridized carbons (Fsp3) is 0.133. The fourth-order valence-electron chi connectivity index (χ4n) is 1.75. The Morgan fingerprint density at radius 3 is 2.24 bits per heavy atom. The van der Waals surface area contributed by atoms with Gasteiger partial charge in [0.2, 0.25) is 0 Å². The number of hydrogen-bond donors (Lipinski definition) is 1. The Bertz CT molecular complexity index is 654. The van der Waals surface area contributed by atoms with Crippen molar-refractivity contribution in [1.29, 1.82) is 0 Å². The monoisotopic (exact) mass is 369 g/mol. The maximum atomic E-state index is 12.3. The topological polar surface area (TPSA) is 47.6 Å². The summed E-state index contributed by atoms with van der Waals surface area (Å²) in [7, 11) is 3.10. The highest BCUT2D eigenvalue weighted by Crippen LogP contribution is 2.27. The van der Waals surface area contributed by atoms with Gasteiger partial charge in [-0.05, 0) is 34.1 Å². The third-order valence-electron chi connectivity index (χ3n) is 2.79. The Labute approximate surface area is 136 Å². The van der Waals surface area contributed by atoms with E-state index in [0.717, 1.165) is 0 Å². The van der Waals surface area contributed by atoms with Crippen LogP contribution in [0.3, 0.4) is 0 Å². The average Bonchev–Trinajstić information content (AvgIpc) is 2.46. The molecule has 0 bridgehead atoms. The molecule has 0 saturated carbocycles. The summed E-state index contributed by atoms with van der Waals surface area (Å²) in [5.74, 6) is 0.938. The first-order chi connectivity index (χ1) is 10.0. The first kappa shape index (κ1) is 15.7. The Balaban J connectivity index is 2.26. The summed E-state index contributed by atoms with van der Waals surface area (Å²) < 4.78 is 11.0. The number of anilines is 1. The lowest BCUT2D eigenvalue weighted by atomic mass is 10.2. The van der Waals surface area contributed by atoms with E-state index in [1.54, 1.807) is 50.6 Å². The van der Waals surface area contributed by atoms with Gasteiger partial charge in [-0.3, -0.25) is 4.79 Å². The van der Waals surface area contributed by atoms with Crippen LogP contribution >= 0.6 is 27.5 Å². The summed E-state index contributed by atoms with van der Waals surface area (Å²) in [6.07, 6.45) is 0. The molecule has 1 N–H and O–H groups in total. The van der Waals surface area contributed by atoms with Gasteiger partial charge in [0.1, 0.15) is 11.5 Å². The SMILES string of the molecule is COc1cc(NC(=O)c2ccc(Cl)cc2Br)cc(OC)c1. The Hall–Kier alpha value is -1.72. The van der Waals surface area contributed by atoms with Crippen LogP contribution in [0.1, 0.15) is 10.4 Å². The number of rotatable bonds is 4. The number of benzene rings is 2. The van der Waals surface area contributed by atoms with Gasteiger partial charge in [0, 0.05) is 33.4 Å². The van der Waals surface area contributed by atoms with Crippen LogP contribution in [-0.2, 0) is 0 Å². The molecule has 0 heterocycles. The molecule has 0 aliphatic carbocycles. The van der Waals surface area contributed by atoms with Gasteiger partial charge in [-0.15, -0.1) is 0 Å². The van der Waals surface area contributed by atoms with Gasteiger partial charge in [0.05, 0.1) is 19.8 Å². The second-order valence-corrected chi connectivity index (χ2v) is 5.47. The molecule has 110 valence electrons. The van der Waals surface area contributed by atoms with Gasteiger partial charge in [0.15, 0.2) is 0 Å². The van der Waals surface area contributed by atoms with E-state index in [2.05, 4.69) is 21.2 Å². The van der Waals surface area contributed by atoms with E-state index in [1.165, 1.54) is 0 Å². The summed E-state index contributed by atoms with van der Waals surface area (Å²) in [6.45, 7) is 0. The molecule has 0 unspecified atom stereocenters. The van der Waals surface area contributed by atoms with Crippen molar-refractivity contribution < 1.29 is 14.3 Å². The molecule has 1 amide bonds. The first-order valence-corrected chi connectivity index (χ1v) is 7.20. The summed E-state index contributed by atoms with van der Waals surface area (Å²) in [5, 5.41) is 3.35. The minimum atomic E-state index is -0.256. The van der Waals surface area contributed by atoms with E-state index in [9.17, 15) is 4.79 Å². The van der Waals surface area contributed by atoms with Crippen molar-refractivity contribution in [2.45, 2.75) is 0 Å². The number of ether oxygens (including phenoxy) is 2. The summed E-state index contributed by atoms with van der Waals surface area (Å²) in [4.78, 5) is 12.3. The molecule has 0 aromatic heterocycles. The Morgan fingerprint density at radius 1 is 1.10 bits per heavy atom. The van der Waals surface area contributed by atoms with Crippen molar-refractivity contribution >= 4 is 39.1 Å². The van der Waals surface area contributed by atoms with Crippen LogP contribution in [0.15, 0.2) is 40.9 Å². The second-order valence-electron chi connectivity index (χ2n) is 4.18. The smallest absolute Gasteiger partial charge is 0.256 e. The number of amides is 1. The zero-order valence-corrected chi connectivity index (χ0v) is 13.8. The number of hydrogen-bond acceptors (Lipinski definition) is 3. The van der Waals surface area contributed by atoms with Crippen molar-refractivity contribution in [2.75, 3.05) is 19.5 Å². The lowest BCUT2D eigenvalue weighted by molar-refractivity contribution is 0.102. The third kappa shape index (κ3) is 3.89. The molecule has 0 spiro atoms. The highest BCUT2D eigenvalue weighted by Gasteiger charge is 2.12. The molecule has 0 aliphatic rings. The van der Waals surface area contributed by atoms with E-state index in [4.69, 9.17) is 21.1 Å². The van der Waals surface area contributed by atoms with Gasteiger partial charge >= 0.3 is 0 Å². The van der Waals surface area contributed by atoms with Crippen molar-refractivity contribution in [3.63, 3.8) is 0 Å². The summed E-state index contributed by atoms with van der Waals surface area (Å²) in [5.41, 5.74) is 1.07. The highest BCUT2D eigenvalue weighted by atomic mass is 79.9. The predicted octanol–water partition coefficient (Wildman–Crippen LogP) is 4.37. The van der Waals surface area contributed by atoms with Crippen LogP contribution < -0.4 is 14.8 Å². The van der Waals surface area contributed by atoms with E-state index < -0.39 is 0 Å². The van der Waals surface area contributed by atoms with E-state index >= 15 is 0 Å². The molecule has 21 heavy (non-hydrogen) atoms. The molecule has 0 saturated heterocycles. The normalized spacial score (nSPS) is 10.1. The Morgan fingerprint density at radius 2 is 1.71 bits per heavy atom. The number of halogens is 2. The maximum Gasteiger partial charge on any atom is 0.256 e. The zero-order chi connectivity index (χ0) is 15.4. The molecule has 0 radical (unpaired) electrons. The van der Waals surface area contributed by atoms with Crippen LogP contribution in [0.5, 0.6) is 11.5 Å². The van der Waals surface area contributed by atoms with Crippen LogP contribution in [0.25, 0.3) is 0 Å². The van der Waals surface area contributed by atoms with E-state index in [1.807, 2.05) is 0 Å². The molecule has 0 fully saturated rings. The van der Waals surface area contributed by atoms with Gasteiger partial charge in [-0.2, -0.15) is 0 Å². The average molecular weight is 371 g/mol. The molecular formula is C15H13BrClNO3. The molecule has 2 aromatic carbocycles. The number of nitrogens with one attached hydrogen (secondary N) is 1. The first-order valence-electron chi connectivity index (χ1n) is 6.03. The van der Waals surface area contributed by atoms with Crippen molar-refractivity contribution in [3.05, 3.63) is 51.5 Å². The molecule has 0 aliphatic heterocycles. The maximum absolute atomic E-state index is 12.3. The minimum absolute atomic E-state index is 0.256. The lowest BCUT2D eigenvalue weighted by Gasteiger charge is -2.10. The van der Waals surface area contributed by atoms with Gasteiger partial charge in [-0.1, -0.05) is 11.6 Å². The van der Waals surface area contributed by atoms with Crippen LogP contribution in [0, 0.1) is 0 Å². The largest absolute Gasteiger partial charge is 0.497 e. The van der Waals surface area contributed by atoms with Gasteiger partial charge in [0.25, 0.3) is 5.91 Å². The third-order valence-corrected chi connectivity index (χ3v) is 3.68. The summed E-state index contributed by atoms with van der Waals surface area (Å²) in [6, 6.07) is 10.1. The van der Waals surface area contributed by atoms with Gasteiger partial charge < -0.3 is 14.8 Å². The Kier molecular flexibility index (Phi) is 5.09.